The number of rotatable bonds is 11. The van der Waals surface area contributed by atoms with Gasteiger partial charge >= 0.3 is 17.6 Å². The molecular formula is C24H22N4O10S2. The van der Waals surface area contributed by atoms with Crippen molar-refractivity contribution in [3.05, 3.63) is 68.0 Å². The van der Waals surface area contributed by atoms with Crippen molar-refractivity contribution < 1.29 is 43.5 Å². The Morgan fingerprint density at radius 3 is 2.62 bits per heavy atom. The average molecular weight is 591 g/mol. The Bertz CT molecular complexity index is 1390. The zero-order chi connectivity index (χ0) is 29.0. The fourth-order valence-corrected chi connectivity index (χ4v) is 6.12. The smallest absolute Gasteiger partial charge is 0.352 e. The number of hydrogen-bond donors (Lipinski definition) is 3. The molecule has 0 radical (unpaired) electrons. The first-order valence-corrected chi connectivity index (χ1v) is 13.5. The summed E-state index contributed by atoms with van der Waals surface area (Å²) in [5, 5.41) is 26.9. The number of thioether (sulfide) groups is 1. The van der Waals surface area contributed by atoms with Gasteiger partial charge < -0.3 is 25.2 Å². The molecule has 40 heavy (non-hydrogen) atoms. The van der Waals surface area contributed by atoms with Gasteiger partial charge in [-0.15, -0.1) is 23.1 Å². The summed E-state index contributed by atoms with van der Waals surface area (Å²) < 4.78 is 10.2. The quantitative estimate of drug-likeness (QED) is 0.147. The minimum absolute atomic E-state index is 0.121. The molecule has 14 nitrogen and oxygen atoms in total. The predicted octanol–water partition coefficient (Wildman–Crippen LogP) is 1.19. The lowest BCUT2D eigenvalue weighted by atomic mass is 10.0. The number of carboxylic acids is 1. The third-order valence-electron chi connectivity index (χ3n) is 5.81. The van der Waals surface area contributed by atoms with Crippen LogP contribution in [0, 0.1) is 10.1 Å². The van der Waals surface area contributed by atoms with E-state index in [1.807, 2.05) is 0 Å². The molecule has 1 aromatic heterocycles. The van der Waals surface area contributed by atoms with Crippen LogP contribution in [0.1, 0.15) is 17.8 Å². The van der Waals surface area contributed by atoms with E-state index in [0.717, 1.165) is 4.90 Å². The molecule has 1 fully saturated rings. The molecule has 1 saturated heterocycles. The number of carboxylic acid groups (broad SMARTS) is 1. The molecule has 3 amide bonds. The van der Waals surface area contributed by atoms with Crippen LogP contribution in [-0.4, -0.2) is 75.0 Å². The largest absolute Gasteiger partial charge is 0.477 e. The molecule has 2 aromatic rings. The second-order valence-corrected chi connectivity index (χ2v) is 10.5. The molecule has 1 unspecified atom stereocenters. The number of hydrogen-bond acceptors (Lipinski definition) is 11. The first kappa shape index (κ1) is 28.6. The monoisotopic (exact) mass is 590 g/mol. The lowest BCUT2D eigenvalue weighted by molar-refractivity contribution is -0.385. The van der Waals surface area contributed by atoms with Crippen molar-refractivity contribution in [1.82, 2.24) is 15.5 Å². The van der Waals surface area contributed by atoms with Crippen LogP contribution in [0.5, 0.6) is 5.75 Å². The SMILES string of the molecule is CC(=O)OCC1=C(C(=O)O)N2C(=O)[C@@H](NC(=O)C(NC(=O)COc3ccccc3[N+](=O)[O-])c3cccs3)[C@H]2SC1. The van der Waals surface area contributed by atoms with Crippen LogP contribution in [0.2, 0.25) is 0 Å². The van der Waals surface area contributed by atoms with Crippen LogP contribution in [-0.2, 0) is 28.7 Å². The topological polar surface area (TPSA) is 194 Å². The summed E-state index contributed by atoms with van der Waals surface area (Å²) >= 11 is 2.38. The van der Waals surface area contributed by atoms with Gasteiger partial charge in [-0.3, -0.25) is 34.2 Å². The molecule has 210 valence electrons. The maximum absolute atomic E-state index is 13.3. The Morgan fingerprint density at radius 2 is 1.98 bits per heavy atom. The van der Waals surface area contributed by atoms with E-state index in [2.05, 4.69) is 10.6 Å². The van der Waals surface area contributed by atoms with Gasteiger partial charge in [0.1, 0.15) is 29.8 Å². The van der Waals surface area contributed by atoms with Gasteiger partial charge in [-0.05, 0) is 17.5 Å². The highest BCUT2D eigenvalue weighted by molar-refractivity contribution is 8.00. The maximum Gasteiger partial charge on any atom is 0.352 e. The first-order chi connectivity index (χ1) is 19.1. The third-order valence-corrected chi connectivity index (χ3v) is 8.09. The second-order valence-electron chi connectivity index (χ2n) is 8.46. The van der Waals surface area contributed by atoms with Crippen molar-refractivity contribution in [3.8, 4) is 5.75 Å². The number of ether oxygens (including phenoxy) is 2. The lowest BCUT2D eigenvalue weighted by Crippen LogP contribution is -2.71. The summed E-state index contributed by atoms with van der Waals surface area (Å²) in [5.41, 5.74) is -0.369. The minimum Gasteiger partial charge on any atom is -0.477 e. The Labute approximate surface area is 234 Å². The Kier molecular flexibility index (Phi) is 8.69. The molecule has 0 saturated carbocycles. The third kappa shape index (κ3) is 6.07. The zero-order valence-electron chi connectivity index (χ0n) is 20.7. The van der Waals surface area contributed by atoms with Crippen molar-refractivity contribution in [2.45, 2.75) is 24.4 Å². The highest BCUT2D eigenvalue weighted by atomic mass is 32.2. The summed E-state index contributed by atoms with van der Waals surface area (Å²) in [7, 11) is 0. The van der Waals surface area contributed by atoms with Gasteiger partial charge in [0.25, 0.3) is 11.8 Å². The normalized spacial score (nSPS) is 18.6. The minimum atomic E-state index is -1.37. The molecule has 3 N–H and O–H groups in total. The van der Waals surface area contributed by atoms with Gasteiger partial charge in [0, 0.05) is 29.2 Å². The van der Waals surface area contributed by atoms with E-state index < -0.39 is 58.6 Å². The number of aliphatic carboxylic acids is 1. The van der Waals surface area contributed by atoms with E-state index in [4.69, 9.17) is 9.47 Å². The number of nitrogens with zero attached hydrogens (tertiary/aromatic N) is 2. The van der Waals surface area contributed by atoms with Crippen molar-refractivity contribution >= 4 is 58.4 Å². The first-order valence-electron chi connectivity index (χ1n) is 11.6. The van der Waals surface area contributed by atoms with Crippen molar-refractivity contribution in [3.63, 3.8) is 0 Å². The van der Waals surface area contributed by atoms with E-state index in [1.165, 1.54) is 54.3 Å². The summed E-state index contributed by atoms with van der Waals surface area (Å²) in [6.45, 7) is 0.283. The molecule has 2 aliphatic heterocycles. The molecule has 0 aliphatic carbocycles. The van der Waals surface area contributed by atoms with Crippen LogP contribution in [0.4, 0.5) is 5.69 Å². The number of nitrogens with one attached hydrogen (secondary N) is 2. The van der Waals surface area contributed by atoms with Gasteiger partial charge in [0.05, 0.1) is 4.92 Å². The van der Waals surface area contributed by atoms with Gasteiger partial charge in [-0.1, -0.05) is 18.2 Å². The number of carbonyl (C=O) groups is 5. The molecule has 0 bridgehead atoms. The van der Waals surface area contributed by atoms with E-state index in [9.17, 15) is 39.2 Å². The number of benzene rings is 1. The van der Waals surface area contributed by atoms with Crippen LogP contribution in [0.25, 0.3) is 0 Å². The van der Waals surface area contributed by atoms with Gasteiger partial charge in [-0.2, -0.15) is 0 Å². The van der Waals surface area contributed by atoms with E-state index in [1.54, 1.807) is 17.5 Å². The number of carbonyl (C=O) groups excluding carboxylic acids is 4. The molecule has 16 heteroatoms. The summed E-state index contributed by atoms with van der Waals surface area (Å²) in [5.74, 6) is -4.06. The van der Waals surface area contributed by atoms with E-state index in [-0.39, 0.29) is 35.1 Å². The summed E-state index contributed by atoms with van der Waals surface area (Å²) in [6.07, 6.45) is 0. The van der Waals surface area contributed by atoms with Gasteiger partial charge in [0.15, 0.2) is 12.4 Å². The Hall–Kier alpha value is -4.44. The van der Waals surface area contributed by atoms with E-state index >= 15 is 0 Å². The summed E-state index contributed by atoms with van der Waals surface area (Å²) in [6, 6.07) is 6.51. The van der Waals surface area contributed by atoms with Gasteiger partial charge in [0.2, 0.25) is 5.91 Å². The predicted molar refractivity (Wildman–Crippen MR) is 140 cm³/mol. The van der Waals surface area contributed by atoms with E-state index in [0.29, 0.717) is 4.88 Å². The number of thiophene rings is 1. The molecule has 0 spiro atoms. The highest BCUT2D eigenvalue weighted by Gasteiger charge is 2.54. The number of nitro groups is 1. The number of amides is 3. The molecule has 1 aromatic carbocycles. The number of esters is 1. The number of para-hydroxylation sites is 2. The highest BCUT2D eigenvalue weighted by Crippen LogP contribution is 2.40. The molecule has 4 rings (SSSR count). The maximum atomic E-state index is 13.3. The van der Waals surface area contributed by atoms with Crippen LogP contribution < -0.4 is 15.4 Å². The van der Waals surface area contributed by atoms with Crippen LogP contribution >= 0.6 is 23.1 Å². The fraction of sp³-hybridized carbons (Fsp3) is 0.292. The second kappa shape index (κ2) is 12.2. The molecular weight excluding hydrogens is 568 g/mol. The number of β-lactam (4-membered cyclic amide) rings is 1. The molecule has 2 aliphatic rings. The lowest BCUT2D eigenvalue weighted by Gasteiger charge is -2.49. The average Bonchev–Trinajstić information content (AvgIpc) is 3.46. The number of fused-ring (bicyclic) bond motifs is 1. The molecule has 3 atom stereocenters. The Balaban J connectivity index is 1.44. The zero-order valence-corrected chi connectivity index (χ0v) is 22.4. The fourth-order valence-electron chi connectivity index (χ4n) is 4.02. The van der Waals surface area contributed by atoms with Crippen molar-refractivity contribution in [2.24, 2.45) is 0 Å². The van der Waals surface area contributed by atoms with Crippen LogP contribution in [0.15, 0.2) is 53.0 Å². The summed E-state index contributed by atoms with van der Waals surface area (Å²) in [4.78, 5) is 73.9. The number of nitro benzene ring substituents is 1. The van der Waals surface area contributed by atoms with Crippen LogP contribution in [0.3, 0.4) is 0 Å². The van der Waals surface area contributed by atoms with Crippen molar-refractivity contribution in [1.29, 1.82) is 0 Å². The standard InChI is InChI=1S/C24H22N4O10S2/c1-12(29)37-9-13-11-40-23-19(22(32)27(23)20(13)24(33)34)26-21(31)18(16-7-4-8-39-16)25-17(30)10-38-15-6-3-2-5-14(15)28(35)36/h2-8,18-19,23H,9-11H2,1H3,(H,25,30)(H,26,31)(H,33,34)/t18?,19-,23-/m1/s1. The van der Waals surface area contributed by atoms with Gasteiger partial charge in [-0.25, -0.2) is 4.79 Å². The molecule has 3 heterocycles. The van der Waals surface area contributed by atoms with Crippen molar-refractivity contribution in [2.75, 3.05) is 19.0 Å². The Morgan fingerprint density at radius 1 is 1.23 bits per heavy atom.